The summed E-state index contributed by atoms with van der Waals surface area (Å²) >= 11 is 0. The summed E-state index contributed by atoms with van der Waals surface area (Å²) in [5.74, 6) is -2.39. The number of para-hydroxylation sites is 1. The van der Waals surface area contributed by atoms with Crippen LogP contribution in [-0.2, 0) is 24.4 Å². The van der Waals surface area contributed by atoms with Crippen LogP contribution in [0.25, 0.3) is 11.0 Å². The number of sulfonamides is 1. The highest BCUT2D eigenvalue weighted by Gasteiger charge is 2.63. The van der Waals surface area contributed by atoms with Gasteiger partial charge in [0.2, 0.25) is 21.8 Å². The van der Waals surface area contributed by atoms with E-state index >= 15 is 0 Å². The first-order valence-electron chi connectivity index (χ1n) is 19.4. The maximum Gasteiger partial charge on any atom is 0.297 e. The maximum absolute atomic E-state index is 14.4. The van der Waals surface area contributed by atoms with E-state index in [-0.39, 0.29) is 36.8 Å². The van der Waals surface area contributed by atoms with Gasteiger partial charge in [0.1, 0.15) is 23.2 Å². The molecule has 2 aliphatic carbocycles. The number of hydrogen-bond acceptors (Lipinski definition) is 8. The molecule has 1 saturated heterocycles. The zero-order valence-electron chi connectivity index (χ0n) is 32.4. The number of benzene rings is 1. The van der Waals surface area contributed by atoms with Crippen LogP contribution in [0.4, 0.5) is 0 Å². The fourth-order valence-corrected chi connectivity index (χ4v) is 9.82. The number of allylic oxidation sites excluding steroid dienone is 3. The minimum atomic E-state index is -4.04. The Kier molecular flexibility index (Phi) is 9.71. The van der Waals surface area contributed by atoms with Crippen molar-refractivity contribution in [3.8, 4) is 6.01 Å². The minimum Gasteiger partial charge on any atom is -0.459 e. The van der Waals surface area contributed by atoms with Gasteiger partial charge in [-0.25, -0.2) is 8.42 Å². The Balaban J connectivity index is 1.25. The number of hydrogen-bond donors (Lipinski definition) is 2. The van der Waals surface area contributed by atoms with E-state index in [1.54, 1.807) is 11.0 Å². The molecule has 13 heteroatoms. The van der Waals surface area contributed by atoms with Crippen molar-refractivity contribution in [2.45, 2.75) is 128 Å². The van der Waals surface area contributed by atoms with E-state index in [0.29, 0.717) is 38.1 Å². The van der Waals surface area contributed by atoms with Crippen LogP contribution in [0.2, 0.25) is 0 Å². The van der Waals surface area contributed by atoms with Gasteiger partial charge in [-0.05, 0) is 75.8 Å². The molecule has 2 aromatic rings. The van der Waals surface area contributed by atoms with Crippen LogP contribution in [0.1, 0.15) is 111 Å². The lowest BCUT2D eigenvalue weighted by molar-refractivity contribution is -0.144. The summed E-state index contributed by atoms with van der Waals surface area (Å²) in [6.07, 6.45) is 11.6. The number of nitrogens with zero attached hydrogens (tertiary/aromatic N) is 4. The van der Waals surface area contributed by atoms with Crippen molar-refractivity contribution in [2.75, 3.05) is 6.54 Å². The molecule has 6 bridgehead atoms. The monoisotopic (exact) mass is 758 g/mol. The minimum absolute atomic E-state index is 0.0110. The summed E-state index contributed by atoms with van der Waals surface area (Å²) in [7, 11) is -4.04. The lowest BCUT2D eigenvalue weighted by Crippen LogP contribution is -2.57. The molecule has 1 aromatic heterocycles. The van der Waals surface area contributed by atoms with Gasteiger partial charge >= 0.3 is 0 Å². The highest BCUT2D eigenvalue weighted by Crippen LogP contribution is 2.49. The largest absolute Gasteiger partial charge is 0.459 e. The number of likely N-dealkylation sites (tertiary alicyclic amines) is 1. The van der Waals surface area contributed by atoms with Crippen LogP contribution in [0, 0.1) is 17.3 Å². The number of aliphatic imine (C=N–C) groups is 1. The van der Waals surface area contributed by atoms with Gasteiger partial charge in [-0.1, -0.05) is 58.1 Å². The van der Waals surface area contributed by atoms with E-state index in [4.69, 9.17) is 14.7 Å². The molecular formula is C41H54N6O6S. The third-order valence-electron chi connectivity index (χ3n) is 12.3. The number of fused-ring (bicyclic) bond motifs is 6. The number of imidazole rings is 1. The van der Waals surface area contributed by atoms with Crippen molar-refractivity contribution in [1.82, 2.24) is 24.5 Å². The third kappa shape index (κ3) is 6.81. The van der Waals surface area contributed by atoms with Gasteiger partial charge in [-0.15, -0.1) is 6.58 Å². The van der Waals surface area contributed by atoms with E-state index in [1.165, 1.54) is 5.57 Å². The van der Waals surface area contributed by atoms with Crippen molar-refractivity contribution in [2.24, 2.45) is 22.2 Å². The van der Waals surface area contributed by atoms with E-state index in [1.807, 2.05) is 62.7 Å². The molecule has 5 aliphatic rings. The lowest BCUT2D eigenvalue weighted by atomic mass is 9.81. The molecule has 2 spiro atoms. The van der Waals surface area contributed by atoms with Crippen LogP contribution in [0.3, 0.4) is 0 Å². The molecule has 0 unspecified atom stereocenters. The number of amides is 3. The second-order valence-electron chi connectivity index (χ2n) is 17.3. The quantitative estimate of drug-likeness (QED) is 0.370. The van der Waals surface area contributed by atoms with Gasteiger partial charge < -0.3 is 15.0 Å². The standard InChI is InChI=1S/C41H54N6O6S/c1-8-28-22-41(28)37(50)45-54(51,52)40(18-19-40)17-12-10-9-11-14-27-20-31(42-23-27)30-15-13-16-32-34(30)43-38(47(32)25(2)3)53-29-21-33(35(48)44-41)46(24-29)36(49)26(4)39(5,6)7/h8-10,13,15-16,23,25-26,28-29,33H,1,11-12,14,17-22,24H2,2-7H3,(H,44,48)(H,45,50)/t26-,28-,29-,33+,41-/m1/s1. The third-order valence-corrected chi connectivity index (χ3v) is 14.5. The average Bonchev–Trinajstić information content (AvgIpc) is 3.86. The number of carbonyl (C=O) groups is 3. The molecule has 4 heterocycles. The van der Waals surface area contributed by atoms with E-state index in [0.717, 1.165) is 35.2 Å². The van der Waals surface area contributed by atoms with E-state index in [9.17, 15) is 22.8 Å². The van der Waals surface area contributed by atoms with Gasteiger partial charge in [0.15, 0.2) is 0 Å². The fourth-order valence-electron chi connectivity index (χ4n) is 8.15. The molecule has 2 N–H and O–H groups in total. The number of aromatic nitrogens is 2. The highest BCUT2D eigenvalue weighted by molar-refractivity contribution is 7.91. The molecule has 12 nitrogen and oxygen atoms in total. The first-order chi connectivity index (χ1) is 25.5. The van der Waals surface area contributed by atoms with Crippen molar-refractivity contribution in [3.63, 3.8) is 0 Å². The molecule has 1 aromatic carbocycles. The van der Waals surface area contributed by atoms with Gasteiger partial charge in [-0.2, -0.15) is 4.98 Å². The van der Waals surface area contributed by atoms with Crippen molar-refractivity contribution in [3.05, 3.63) is 60.3 Å². The maximum atomic E-state index is 14.4. The zero-order valence-corrected chi connectivity index (χ0v) is 33.2. The van der Waals surface area contributed by atoms with Crippen molar-refractivity contribution < 1.29 is 27.5 Å². The van der Waals surface area contributed by atoms with Gasteiger partial charge in [-0.3, -0.25) is 28.7 Å². The summed E-state index contributed by atoms with van der Waals surface area (Å²) < 4.78 is 37.5. The number of nitrogens with one attached hydrogen (secondary N) is 2. The predicted octanol–water partition coefficient (Wildman–Crippen LogP) is 5.89. The van der Waals surface area contributed by atoms with Crippen LogP contribution in [0.5, 0.6) is 6.01 Å². The van der Waals surface area contributed by atoms with Crippen LogP contribution >= 0.6 is 0 Å². The Morgan fingerprint density at radius 2 is 1.85 bits per heavy atom. The highest BCUT2D eigenvalue weighted by atomic mass is 32.2. The molecule has 0 radical (unpaired) electrons. The van der Waals surface area contributed by atoms with E-state index in [2.05, 4.69) is 36.5 Å². The van der Waals surface area contributed by atoms with Gasteiger partial charge in [0.05, 0.1) is 22.5 Å². The summed E-state index contributed by atoms with van der Waals surface area (Å²) in [5, 5.41) is 2.92. The zero-order chi connectivity index (χ0) is 38.8. The molecule has 54 heavy (non-hydrogen) atoms. The number of rotatable bonds is 3. The molecular weight excluding hydrogens is 705 g/mol. The number of ether oxygens (including phenoxy) is 1. The van der Waals surface area contributed by atoms with E-state index < -0.39 is 56.1 Å². The molecule has 7 rings (SSSR count). The van der Waals surface area contributed by atoms with Gasteiger partial charge in [0.25, 0.3) is 11.9 Å². The van der Waals surface area contributed by atoms with Crippen LogP contribution < -0.4 is 14.8 Å². The first kappa shape index (κ1) is 38.0. The summed E-state index contributed by atoms with van der Waals surface area (Å²) in [5.41, 5.74) is 2.90. The lowest BCUT2D eigenvalue weighted by Gasteiger charge is -2.33. The molecule has 5 atom stereocenters. The summed E-state index contributed by atoms with van der Waals surface area (Å²) in [6, 6.07) is 5.49. The normalized spacial score (nSPS) is 28.6. The Morgan fingerprint density at radius 3 is 2.52 bits per heavy atom. The Bertz CT molecular complexity index is 2090. The summed E-state index contributed by atoms with van der Waals surface area (Å²) in [4.78, 5) is 53.9. The SMILES string of the molecule is C=C[C@@H]1C[C@@]12NC(=O)[C@@H]1C[C@H](CN1C(=O)[C@@H](C)C(C)(C)C)Oc1nc3c(cccc3n1C(C)C)C1=NC=C(CCC=CCCC3(CC3)S(=O)(=O)NC2=O)C1. The topological polar surface area (TPSA) is 152 Å². The molecule has 290 valence electrons. The second-order valence-corrected chi connectivity index (χ2v) is 19.4. The average molecular weight is 759 g/mol. The summed E-state index contributed by atoms with van der Waals surface area (Å²) in [6.45, 7) is 15.9. The first-order valence-corrected chi connectivity index (χ1v) is 20.9. The second kappa shape index (κ2) is 13.8. The smallest absolute Gasteiger partial charge is 0.297 e. The molecule has 3 amide bonds. The number of carbonyl (C=O) groups excluding carboxylic acids is 3. The Hall–Kier alpha value is -4.26. The Labute approximate surface area is 318 Å². The van der Waals surface area contributed by atoms with Crippen LogP contribution in [-0.4, -0.2) is 75.3 Å². The van der Waals surface area contributed by atoms with Crippen molar-refractivity contribution >= 4 is 44.5 Å². The molecule has 2 saturated carbocycles. The molecule has 3 fully saturated rings. The fraction of sp³-hybridized carbons (Fsp3) is 0.585. The van der Waals surface area contributed by atoms with Crippen LogP contribution in [0.15, 0.2) is 59.8 Å². The van der Waals surface area contributed by atoms with Gasteiger partial charge in [0, 0.05) is 42.5 Å². The predicted molar refractivity (Wildman–Crippen MR) is 208 cm³/mol. The van der Waals surface area contributed by atoms with Crippen molar-refractivity contribution in [1.29, 1.82) is 0 Å². The Morgan fingerprint density at radius 1 is 1.11 bits per heavy atom. The molecule has 3 aliphatic heterocycles.